The highest BCUT2D eigenvalue weighted by atomic mass is 19.1. The van der Waals surface area contributed by atoms with E-state index in [0.29, 0.717) is 6.54 Å². The topological polar surface area (TPSA) is 94.6 Å². The zero-order valence-corrected chi connectivity index (χ0v) is 17.1. The molecule has 0 radical (unpaired) electrons. The van der Waals surface area contributed by atoms with Crippen molar-refractivity contribution in [3.8, 4) is 28.6 Å². The quantitative estimate of drug-likeness (QED) is 0.527. The minimum Gasteiger partial charge on any atom is -0.369 e. The van der Waals surface area contributed by atoms with E-state index in [1.54, 1.807) is 24.5 Å². The van der Waals surface area contributed by atoms with Gasteiger partial charge in [0.1, 0.15) is 17.7 Å². The molecule has 31 heavy (non-hydrogen) atoms. The highest BCUT2D eigenvalue weighted by Gasteiger charge is 2.26. The lowest BCUT2D eigenvalue weighted by Gasteiger charge is -2.24. The standard InChI is InChI=1S/C24H21FN6/c1-14-3-2-4-21-22(14)30-24(29-21)19-12-28-11-18(23(19)31-8-7-17(27)13-31)15-5-6-20(25)16(9-15)10-26/h2-6,9,11-12,17H,7-8,13,27H2,1H3,(H,29,30)/t17-/m0/s1. The fourth-order valence-corrected chi connectivity index (χ4v) is 4.25. The average Bonchev–Trinajstić information content (AvgIpc) is 3.40. The van der Waals surface area contributed by atoms with Gasteiger partial charge in [-0.25, -0.2) is 9.37 Å². The van der Waals surface area contributed by atoms with Crippen LogP contribution in [0.4, 0.5) is 10.1 Å². The Morgan fingerprint density at radius 3 is 2.81 bits per heavy atom. The Morgan fingerprint density at radius 2 is 2.06 bits per heavy atom. The van der Waals surface area contributed by atoms with Gasteiger partial charge in [-0.15, -0.1) is 0 Å². The Labute approximate surface area is 179 Å². The van der Waals surface area contributed by atoms with Gasteiger partial charge >= 0.3 is 0 Å². The number of hydrogen-bond acceptors (Lipinski definition) is 5. The van der Waals surface area contributed by atoms with Crippen LogP contribution in [0, 0.1) is 24.1 Å². The summed E-state index contributed by atoms with van der Waals surface area (Å²) in [4.78, 5) is 15.0. The number of anilines is 1. The van der Waals surface area contributed by atoms with Crippen molar-refractivity contribution in [2.24, 2.45) is 5.73 Å². The van der Waals surface area contributed by atoms with Gasteiger partial charge in [0, 0.05) is 37.1 Å². The molecular weight excluding hydrogens is 391 g/mol. The fourth-order valence-electron chi connectivity index (χ4n) is 4.25. The summed E-state index contributed by atoms with van der Waals surface area (Å²) in [5, 5.41) is 9.30. The maximum Gasteiger partial charge on any atom is 0.142 e. The second-order valence-corrected chi connectivity index (χ2v) is 7.94. The van der Waals surface area contributed by atoms with Gasteiger partial charge in [-0.2, -0.15) is 5.26 Å². The van der Waals surface area contributed by atoms with Crippen molar-refractivity contribution < 1.29 is 4.39 Å². The molecule has 0 aliphatic carbocycles. The van der Waals surface area contributed by atoms with Crippen molar-refractivity contribution in [2.75, 3.05) is 18.0 Å². The zero-order chi connectivity index (χ0) is 21.5. The molecule has 3 N–H and O–H groups in total. The number of hydrogen-bond donors (Lipinski definition) is 2. The molecule has 0 saturated carbocycles. The largest absolute Gasteiger partial charge is 0.369 e. The summed E-state index contributed by atoms with van der Waals surface area (Å²) in [7, 11) is 0. The van der Waals surface area contributed by atoms with Crippen LogP contribution in [0.15, 0.2) is 48.8 Å². The van der Waals surface area contributed by atoms with Crippen molar-refractivity contribution in [3.63, 3.8) is 0 Å². The van der Waals surface area contributed by atoms with E-state index in [-0.39, 0.29) is 11.6 Å². The van der Waals surface area contributed by atoms with E-state index in [0.717, 1.165) is 57.8 Å². The Morgan fingerprint density at radius 1 is 1.23 bits per heavy atom. The molecule has 3 heterocycles. The van der Waals surface area contributed by atoms with Crippen LogP contribution in [-0.4, -0.2) is 34.1 Å². The molecule has 2 aromatic carbocycles. The normalized spacial score (nSPS) is 16.1. The number of nitrogens with two attached hydrogens (primary N) is 1. The van der Waals surface area contributed by atoms with Crippen LogP contribution >= 0.6 is 0 Å². The summed E-state index contributed by atoms with van der Waals surface area (Å²) in [6.07, 6.45) is 4.43. The summed E-state index contributed by atoms with van der Waals surface area (Å²) in [5.74, 6) is 0.185. The molecule has 1 aliphatic rings. The van der Waals surface area contributed by atoms with E-state index in [1.807, 2.05) is 31.2 Å². The molecule has 2 aromatic heterocycles. The van der Waals surface area contributed by atoms with Crippen LogP contribution in [0.25, 0.3) is 33.5 Å². The van der Waals surface area contributed by atoms with E-state index in [1.165, 1.54) is 6.07 Å². The first-order chi connectivity index (χ1) is 15.0. The molecule has 1 fully saturated rings. The molecule has 0 spiro atoms. The van der Waals surface area contributed by atoms with Gasteiger partial charge in [-0.1, -0.05) is 18.2 Å². The lowest BCUT2D eigenvalue weighted by molar-refractivity contribution is 0.624. The van der Waals surface area contributed by atoms with Crippen molar-refractivity contribution in [1.29, 1.82) is 5.26 Å². The summed E-state index contributed by atoms with van der Waals surface area (Å²) < 4.78 is 14.0. The lowest BCUT2D eigenvalue weighted by Crippen LogP contribution is -2.27. The summed E-state index contributed by atoms with van der Waals surface area (Å²) in [5.41, 5.74) is 12.5. The zero-order valence-electron chi connectivity index (χ0n) is 17.1. The van der Waals surface area contributed by atoms with Gasteiger partial charge < -0.3 is 15.6 Å². The number of nitrogens with zero attached hydrogens (tertiary/aromatic N) is 4. The molecule has 5 rings (SSSR count). The van der Waals surface area contributed by atoms with Crippen LogP contribution in [0.3, 0.4) is 0 Å². The van der Waals surface area contributed by atoms with Crippen LogP contribution in [0.1, 0.15) is 17.5 Å². The van der Waals surface area contributed by atoms with Gasteiger partial charge in [0.05, 0.1) is 27.8 Å². The van der Waals surface area contributed by atoms with Gasteiger partial charge in [0.25, 0.3) is 0 Å². The predicted molar refractivity (Wildman–Crippen MR) is 119 cm³/mol. The Bertz CT molecular complexity index is 1340. The third-order valence-electron chi connectivity index (χ3n) is 5.83. The Balaban J connectivity index is 1.74. The SMILES string of the molecule is Cc1cccc2[nH]c(-c3cncc(-c4ccc(F)c(C#N)c4)c3N3CC[C@H](N)C3)nc12. The minimum absolute atomic E-state index is 0.00587. The first-order valence-corrected chi connectivity index (χ1v) is 10.2. The van der Waals surface area contributed by atoms with Gasteiger partial charge in [-0.3, -0.25) is 4.98 Å². The van der Waals surface area contributed by atoms with Crippen LogP contribution in [0.2, 0.25) is 0 Å². The predicted octanol–water partition coefficient (Wildman–Crippen LogP) is 4.15. The molecule has 1 atom stereocenters. The van der Waals surface area contributed by atoms with Crippen LogP contribution in [-0.2, 0) is 0 Å². The number of halogens is 1. The molecule has 7 heteroatoms. The van der Waals surface area contributed by atoms with Gasteiger partial charge in [-0.05, 0) is 42.7 Å². The number of aryl methyl sites for hydroxylation is 1. The molecule has 0 unspecified atom stereocenters. The highest BCUT2D eigenvalue weighted by Crippen LogP contribution is 2.40. The highest BCUT2D eigenvalue weighted by molar-refractivity contribution is 5.91. The van der Waals surface area contributed by atoms with E-state index < -0.39 is 5.82 Å². The van der Waals surface area contributed by atoms with Crippen molar-refractivity contribution in [3.05, 3.63) is 65.7 Å². The van der Waals surface area contributed by atoms with Crippen molar-refractivity contribution >= 4 is 16.7 Å². The minimum atomic E-state index is -0.534. The van der Waals surface area contributed by atoms with E-state index in [9.17, 15) is 9.65 Å². The number of para-hydroxylation sites is 1. The fraction of sp³-hybridized carbons (Fsp3) is 0.208. The number of rotatable bonds is 3. The molecule has 1 saturated heterocycles. The lowest BCUT2D eigenvalue weighted by atomic mass is 9.99. The summed E-state index contributed by atoms with van der Waals surface area (Å²) in [6.45, 7) is 3.54. The van der Waals surface area contributed by atoms with E-state index >= 15 is 0 Å². The molecule has 6 nitrogen and oxygen atoms in total. The smallest absolute Gasteiger partial charge is 0.142 e. The Hall–Kier alpha value is -3.76. The summed E-state index contributed by atoms with van der Waals surface area (Å²) in [6, 6.07) is 12.6. The third kappa shape index (κ3) is 3.31. The summed E-state index contributed by atoms with van der Waals surface area (Å²) >= 11 is 0. The molecule has 0 amide bonds. The second kappa shape index (κ2) is 7.49. The molecule has 154 valence electrons. The van der Waals surface area contributed by atoms with Gasteiger partial charge in [0.15, 0.2) is 0 Å². The molecule has 0 bridgehead atoms. The van der Waals surface area contributed by atoms with E-state index in [4.69, 9.17) is 10.7 Å². The number of nitriles is 1. The number of nitrogens with one attached hydrogen (secondary N) is 1. The maximum atomic E-state index is 14.0. The van der Waals surface area contributed by atoms with Crippen LogP contribution < -0.4 is 10.6 Å². The number of aromatic amines is 1. The van der Waals surface area contributed by atoms with Crippen molar-refractivity contribution in [1.82, 2.24) is 15.0 Å². The third-order valence-corrected chi connectivity index (χ3v) is 5.83. The van der Waals surface area contributed by atoms with Gasteiger partial charge in [0.2, 0.25) is 0 Å². The first-order valence-electron chi connectivity index (χ1n) is 10.2. The Kier molecular flexibility index (Phi) is 4.64. The number of pyridine rings is 1. The van der Waals surface area contributed by atoms with Crippen LogP contribution in [0.5, 0.6) is 0 Å². The first kappa shape index (κ1) is 19.2. The average molecular weight is 412 g/mol. The number of imidazole rings is 1. The number of benzene rings is 2. The number of fused-ring (bicyclic) bond motifs is 1. The molecular formula is C24H21FN6. The number of aromatic nitrogens is 3. The van der Waals surface area contributed by atoms with Crippen molar-refractivity contribution in [2.45, 2.75) is 19.4 Å². The monoisotopic (exact) mass is 412 g/mol. The second-order valence-electron chi connectivity index (χ2n) is 7.94. The van der Waals surface area contributed by atoms with E-state index in [2.05, 4.69) is 14.9 Å². The maximum absolute atomic E-state index is 14.0. The number of H-pyrrole nitrogens is 1. The molecule has 1 aliphatic heterocycles. The molecule has 4 aromatic rings.